The molecule has 0 fully saturated rings. The fourth-order valence-corrected chi connectivity index (χ4v) is 0.379. The van der Waals surface area contributed by atoms with E-state index in [1.165, 1.54) is 13.1 Å². The molecular formula is C5H9N3O. The average Bonchev–Trinajstić information content (AvgIpc) is 1.64. The zero-order chi connectivity index (χ0) is 7.33. The number of rotatable bonds is 2. The van der Waals surface area contributed by atoms with Crippen LogP contribution in [0.3, 0.4) is 0 Å². The van der Waals surface area contributed by atoms with Gasteiger partial charge in [-0.15, -0.1) is 0 Å². The molecule has 0 unspecified atom stereocenters. The highest BCUT2D eigenvalue weighted by Crippen LogP contribution is 2.08. The minimum Gasteiger partial charge on any atom is -0.211 e. The molecule has 0 radical (unpaired) electrons. The smallest absolute Gasteiger partial charge is 0.211 e. The molecule has 0 aliphatic heterocycles. The number of isocyanates is 1. The van der Waals surface area contributed by atoms with Gasteiger partial charge in [0.25, 0.3) is 0 Å². The molecule has 4 nitrogen and oxygen atoms in total. The quantitative estimate of drug-likeness (QED) is 0.311. The predicted molar refractivity (Wildman–Crippen MR) is 33.0 cm³/mol. The summed E-state index contributed by atoms with van der Waals surface area (Å²) in [4.78, 5) is 13.1. The lowest BCUT2D eigenvalue weighted by Gasteiger charge is -2.06. The summed E-state index contributed by atoms with van der Waals surface area (Å²) in [6.45, 7) is 3.34. The molecule has 0 aromatic heterocycles. The highest BCUT2D eigenvalue weighted by Gasteiger charge is 2.12. The zero-order valence-electron chi connectivity index (χ0n) is 5.75. The van der Waals surface area contributed by atoms with E-state index in [-0.39, 0.29) is 0 Å². The summed E-state index contributed by atoms with van der Waals surface area (Å²) in [5.41, 5.74) is -0.740. The Morgan fingerprint density at radius 3 is 2.33 bits per heavy atom. The highest BCUT2D eigenvalue weighted by molar-refractivity contribution is 5.34. The van der Waals surface area contributed by atoms with Crippen LogP contribution in [0.15, 0.2) is 15.2 Å². The van der Waals surface area contributed by atoms with E-state index in [4.69, 9.17) is 0 Å². The predicted octanol–water partition coefficient (Wildman–Crippen LogP) is 1.14. The molecule has 0 saturated heterocycles. The number of azo groups is 1. The summed E-state index contributed by atoms with van der Waals surface area (Å²) < 4.78 is 0. The van der Waals surface area contributed by atoms with Crippen molar-refractivity contribution >= 4 is 6.08 Å². The monoisotopic (exact) mass is 127 g/mol. The third kappa shape index (κ3) is 3.55. The maximum atomic E-state index is 9.70. The first-order valence-electron chi connectivity index (χ1n) is 2.52. The zero-order valence-corrected chi connectivity index (χ0v) is 5.75. The first-order chi connectivity index (χ1) is 4.12. The molecule has 9 heavy (non-hydrogen) atoms. The Morgan fingerprint density at radius 1 is 1.44 bits per heavy atom. The summed E-state index contributed by atoms with van der Waals surface area (Å²) in [6.07, 6.45) is 1.41. The average molecular weight is 127 g/mol. The van der Waals surface area contributed by atoms with Gasteiger partial charge in [0, 0.05) is 7.05 Å². The SMILES string of the molecule is CN=NC(C)(C)N=C=O. The van der Waals surface area contributed by atoms with Crippen LogP contribution >= 0.6 is 0 Å². The molecule has 0 heterocycles. The number of aliphatic imine (C=N–C) groups is 1. The molecule has 50 valence electrons. The molecule has 0 spiro atoms. The summed E-state index contributed by atoms with van der Waals surface area (Å²) in [6, 6.07) is 0. The molecule has 0 bridgehead atoms. The first-order valence-corrected chi connectivity index (χ1v) is 2.52. The van der Waals surface area contributed by atoms with Crippen LogP contribution in [-0.4, -0.2) is 18.8 Å². The van der Waals surface area contributed by atoms with E-state index in [0.717, 1.165) is 0 Å². The highest BCUT2D eigenvalue weighted by atomic mass is 16.1. The Labute approximate surface area is 53.7 Å². The molecular weight excluding hydrogens is 118 g/mol. The molecule has 4 heteroatoms. The van der Waals surface area contributed by atoms with Gasteiger partial charge in [-0.05, 0) is 13.8 Å². The van der Waals surface area contributed by atoms with Gasteiger partial charge in [0.05, 0.1) is 0 Å². The molecule has 0 saturated carbocycles. The Hall–Kier alpha value is -1.02. The topological polar surface area (TPSA) is 54.1 Å². The van der Waals surface area contributed by atoms with Crippen molar-refractivity contribution in [2.45, 2.75) is 19.5 Å². The van der Waals surface area contributed by atoms with Gasteiger partial charge in [0.2, 0.25) is 6.08 Å². The van der Waals surface area contributed by atoms with Gasteiger partial charge < -0.3 is 0 Å². The van der Waals surface area contributed by atoms with Crippen molar-refractivity contribution < 1.29 is 4.79 Å². The van der Waals surface area contributed by atoms with Gasteiger partial charge >= 0.3 is 0 Å². The van der Waals surface area contributed by atoms with Crippen LogP contribution in [-0.2, 0) is 4.79 Å². The Kier molecular flexibility index (Phi) is 2.74. The molecule has 0 aliphatic carbocycles. The summed E-state index contributed by atoms with van der Waals surface area (Å²) in [5.74, 6) is 0. The number of carbonyl (C=O) groups excluding carboxylic acids is 1. The number of hydrogen-bond acceptors (Lipinski definition) is 4. The number of nitrogens with zero attached hydrogens (tertiary/aromatic N) is 3. The van der Waals surface area contributed by atoms with Crippen LogP contribution in [0.2, 0.25) is 0 Å². The second kappa shape index (κ2) is 3.10. The van der Waals surface area contributed by atoms with E-state index >= 15 is 0 Å². The third-order valence-corrected chi connectivity index (χ3v) is 0.664. The fraction of sp³-hybridized carbons (Fsp3) is 0.800. The molecule has 0 atom stereocenters. The maximum Gasteiger partial charge on any atom is 0.237 e. The number of hydrogen-bond donors (Lipinski definition) is 0. The standard InChI is InChI=1S/C5H9N3O/c1-5(2,7-4-9)8-6-3/h1-3H3. The second-order valence-corrected chi connectivity index (χ2v) is 2.00. The van der Waals surface area contributed by atoms with E-state index in [2.05, 4.69) is 15.2 Å². The van der Waals surface area contributed by atoms with Crippen molar-refractivity contribution in [2.24, 2.45) is 15.2 Å². The summed E-state index contributed by atoms with van der Waals surface area (Å²) in [7, 11) is 1.53. The molecule has 0 amide bonds. The first kappa shape index (κ1) is 7.98. The molecule has 0 rings (SSSR count). The Bertz CT molecular complexity index is 156. The third-order valence-electron chi connectivity index (χ3n) is 0.664. The maximum absolute atomic E-state index is 9.70. The van der Waals surface area contributed by atoms with Gasteiger partial charge in [0.1, 0.15) is 0 Å². The van der Waals surface area contributed by atoms with Gasteiger partial charge in [-0.25, -0.2) is 4.79 Å². The van der Waals surface area contributed by atoms with Crippen LogP contribution < -0.4 is 0 Å². The van der Waals surface area contributed by atoms with Gasteiger partial charge in [-0.1, -0.05) is 0 Å². The lowest BCUT2D eigenvalue weighted by molar-refractivity contribution is 0.502. The van der Waals surface area contributed by atoms with E-state index in [1.807, 2.05) is 0 Å². The lowest BCUT2D eigenvalue weighted by atomic mass is 10.3. The van der Waals surface area contributed by atoms with Crippen LogP contribution in [0.5, 0.6) is 0 Å². The Morgan fingerprint density at radius 2 is 2.00 bits per heavy atom. The second-order valence-electron chi connectivity index (χ2n) is 2.00. The van der Waals surface area contributed by atoms with Gasteiger partial charge in [-0.3, -0.25) is 0 Å². The molecule has 0 aliphatic rings. The van der Waals surface area contributed by atoms with Crippen molar-refractivity contribution in [1.82, 2.24) is 0 Å². The van der Waals surface area contributed by atoms with Crippen LogP contribution in [0.1, 0.15) is 13.8 Å². The van der Waals surface area contributed by atoms with E-state index in [1.54, 1.807) is 13.8 Å². The lowest BCUT2D eigenvalue weighted by Crippen LogP contribution is -2.10. The van der Waals surface area contributed by atoms with Crippen molar-refractivity contribution in [3.8, 4) is 0 Å². The molecule has 0 aromatic carbocycles. The van der Waals surface area contributed by atoms with Gasteiger partial charge in [0.15, 0.2) is 5.66 Å². The van der Waals surface area contributed by atoms with E-state index in [9.17, 15) is 4.79 Å². The fourth-order valence-electron chi connectivity index (χ4n) is 0.379. The van der Waals surface area contributed by atoms with Gasteiger partial charge in [-0.2, -0.15) is 15.2 Å². The van der Waals surface area contributed by atoms with E-state index in [0.29, 0.717) is 0 Å². The minimum absolute atomic E-state index is 0.740. The van der Waals surface area contributed by atoms with Crippen molar-refractivity contribution in [3.63, 3.8) is 0 Å². The minimum atomic E-state index is -0.740. The molecule has 0 N–H and O–H groups in total. The van der Waals surface area contributed by atoms with Crippen LogP contribution in [0.4, 0.5) is 0 Å². The van der Waals surface area contributed by atoms with E-state index < -0.39 is 5.66 Å². The summed E-state index contributed by atoms with van der Waals surface area (Å²) >= 11 is 0. The van der Waals surface area contributed by atoms with Crippen LogP contribution in [0.25, 0.3) is 0 Å². The molecule has 0 aromatic rings. The normalized spacial score (nSPS) is 11.4. The largest absolute Gasteiger partial charge is 0.237 e. The van der Waals surface area contributed by atoms with Crippen molar-refractivity contribution in [3.05, 3.63) is 0 Å². The van der Waals surface area contributed by atoms with Crippen molar-refractivity contribution in [1.29, 1.82) is 0 Å². The summed E-state index contributed by atoms with van der Waals surface area (Å²) in [5, 5.41) is 7.12. The van der Waals surface area contributed by atoms with Crippen LogP contribution in [0, 0.1) is 0 Å². The van der Waals surface area contributed by atoms with Crippen molar-refractivity contribution in [2.75, 3.05) is 7.05 Å². The Balaban J connectivity index is 4.18.